The lowest BCUT2D eigenvalue weighted by Gasteiger charge is -2.05. The first-order valence-electron chi connectivity index (χ1n) is 6.30. The van der Waals surface area contributed by atoms with Gasteiger partial charge in [0.05, 0.1) is 12.5 Å². The molecule has 3 nitrogen and oxygen atoms in total. The number of ether oxygens (including phenoxy) is 2. The molecule has 3 heteroatoms. The Morgan fingerprint density at radius 3 is 2.47 bits per heavy atom. The molecule has 1 rings (SSSR count). The Morgan fingerprint density at radius 2 is 1.94 bits per heavy atom. The van der Waals surface area contributed by atoms with Crippen molar-refractivity contribution in [2.75, 3.05) is 19.8 Å². The van der Waals surface area contributed by atoms with Crippen LogP contribution >= 0.6 is 0 Å². The fourth-order valence-electron chi connectivity index (χ4n) is 2.23. The smallest absolute Gasteiger partial charge is 0.310 e. The standard InChI is InChI=1S/C14H24O3/c1-6-16-7-8-17-13(15)12-11(9-10(2)3)14(12,4)5/h9,11-12H,6-8H2,1-5H3/t11-,12-/m0/s1. The molecule has 17 heavy (non-hydrogen) atoms. The van der Waals surface area contributed by atoms with Crippen LogP contribution in [-0.4, -0.2) is 25.8 Å². The zero-order chi connectivity index (χ0) is 13.1. The number of carbonyl (C=O) groups excluding carboxylic acids is 1. The molecule has 0 aliphatic heterocycles. The van der Waals surface area contributed by atoms with Crippen molar-refractivity contribution in [1.82, 2.24) is 0 Å². The molecule has 0 spiro atoms. The molecule has 2 atom stereocenters. The van der Waals surface area contributed by atoms with Crippen LogP contribution in [0.1, 0.15) is 34.6 Å². The maximum absolute atomic E-state index is 11.9. The third kappa shape index (κ3) is 3.56. The van der Waals surface area contributed by atoms with E-state index in [9.17, 15) is 4.79 Å². The predicted octanol–water partition coefficient (Wildman–Crippen LogP) is 2.80. The summed E-state index contributed by atoms with van der Waals surface area (Å²) in [5.74, 6) is 0.253. The molecule has 1 aliphatic rings. The SMILES string of the molecule is CCOCCOC(=O)[C@@H]1[C@H](C=C(C)C)C1(C)C. The molecule has 0 heterocycles. The van der Waals surface area contributed by atoms with E-state index in [-0.39, 0.29) is 17.3 Å². The van der Waals surface area contributed by atoms with Crippen LogP contribution < -0.4 is 0 Å². The number of esters is 1. The summed E-state index contributed by atoms with van der Waals surface area (Å²) in [6.07, 6.45) is 2.18. The van der Waals surface area contributed by atoms with Crippen molar-refractivity contribution in [3.05, 3.63) is 11.6 Å². The van der Waals surface area contributed by atoms with Gasteiger partial charge in [-0.1, -0.05) is 25.5 Å². The van der Waals surface area contributed by atoms with Gasteiger partial charge in [-0.05, 0) is 32.1 Å². The Kier molecular flexibility index (Phi) is 4.75. The highest BCUT2D eigenvalue weighted by molar-refractivity contribution is 5.78. The van der Waals surface area contributed by atoms with Gasteiger partial charge in [-0.2, -0.15) is 0 Å². The lowest BCUT2D eigenvalue weighted by atomic mass is 10.1. The van der Waals surface area contributed by atoms with Crippen molar-refractivity contribution in [1.29, 1.82) is 0 Å². The van der Waals surface area contributed by atoms with Crippen molar-refractivity contribution in [2.24, 2.45) is 17.3 Å². The van der Waals surface area contributed by atoms with E-state index < -0.39 is 0 Å². The first-order chi connectivity index (χ1) is 7.91. The highest BCUT2D eigenvalue weighted by Gasteiger charge is 2.61. The summed E-state index contributed by atoms with van der Waals surface area (Å²) in [5, 5.41) is 0. The molecule has 0 amide bonds. The average Bonchev–Trinajstić information content (AvgIpc) is 2.74. The van der Waals surface area contributed by atoms with Gasteiger partial charge in [0.2, 0.25) is 0 Å². The molecule has 0 saturated heterocycles. The van der Waals surface area contributed by atoms with E-state index >= 15 is 0 Å². The summed E-state index contributed by atoms with van der Waals surface area (Å²) in [4.78, 5) is 11.9. The Balaban J connectivity index is 2.41. The van der Waals surface area contributed by atoms with E-state index in [2.05, 4.69) is 33.8 Å². The molecule has 0 radical (unpaired) electrons. The average molecular weight is 240 g/mol. The molecule has 0 bridgehead atoms. The molecule has 1 aliphatic carbocycles. The van der Waals surface area contributed by atoms with Gasteiger partial charge in [-0.15, -0.1) is 0 Å². The highest BCUT2D eigenvalue weighted by Crippen LogP contribution is 2.59. The summed E-state index contributed by atoms with van der Waals surface area (Å²) in [7, 11) is 0. The monoisotopic (exact) mass is 240 g/mol. The first kappa shape index (κ1) is 14.2. The fraction of sp³-hybridized carbons (Fsp3) is 0.786. The molecule has 0 aromatic carbocycles. The number of carbonyl (C=O) groups is 1. The Labute approximate surface area is 104 Å². The van der Waals surface area contributed by atoms with Crippen LogP contribution in [-0.2, 0) is 14.3 Å². The predicted molar refractivity (Wildman–Crippen MR) is 67.6 cm³/mol. The minimum Gasteiger partial charge on any atom is -0.463 e. The third-order valence-electron chi connectivity index (χ3n) is 3.35. The largest absolute Gasteiger partial charge is 0.463 e. The summed E-state index contributed by atoms with van der Waals surface area (Å²) >= 11 is 0. The second-order valence-electron chi connectivity index (χ2n) is 5.43. The number of hydrogen-bond donors (Lipinski definition) is 0. The van der Waals surface area contributed by atoms with E-state index in [4.69, 9.17) is 9.47 Å². The maximum atomic E-state index is 11.9. The van der Waals surface area contributed by atoms with Crippen molar-refractivity contribution < 1.29 is 14.3 Å². The normalized spacial score (nSPS) is 25.2. The van der Waals surface area contributed by atoms with Gasteiger partial charge in [0.25, 0.3) is 0 Å². The minimum atomic E-state index is -0.0859. The van der Waals surface area contributed by atoms with Crippen LogP contribution in [0.3, 0.4) is 0 Å². The zero-order valence-electron chi connectivity index (χ0n) is 11.6. The first-order valence-corrected chi connectivity index (χ1v) is 6.30. The van der Waals surface area contributed by atoms with E-state index in [0.29, 0.717) is 25.7 Å². The molecule has 0 aromatic rings. The van der Waals surface area contributed by atoms with Crippen LogP contribution in [0.4, 0.5) is 0 Å². The molecule has 98 valence electrons. The van der Waals surface area contributed by atoms with Gasteiger partial charge >= 0.3 is 5.97 Å². The van der Waals surface area contributed by atoms with Gasteiger partial charge in [0.1, 0.15) is 6.61 Å². The van der Waals surface area contributed by atoms with Crippen LogP contribution in [0.5, 0.6) is 0 Å². The Hall–Kier alpha value is -0.830. The van der Waals surface area contributed by atoms with Crippen molar-refractivity contribution in [2.45, 2.75) is 34.6 Å². The number of allylic oxidation sites excluding steroid dienone is 2. The van der Waals surface area contributed by atoms with Crippen LogP contribution in [0.25, 0.3) is 0 Å². The Morgan fingerprint density at radius 1 is 1.29 bits per heavy atom. The van der Waals surface area contributed by atoms with Gasteiger partial charge in [-0.3, -0.25) is 4.79 Å². The fourth-order valence-corrected chi connectivity index (χ4v) is 2.23. The van der Waals surface area contributed by atoms with Gasteiger partial charge in [-0.25, -0.2) is 0 Å². The maximum Gasteiger partial charge on any atom is 0.310 e. The zero-order valence-corrected chi connectivity index (χ0v) is 11.6. The second-order valence-corrected chi connectivity index (χ2v) is 5.43. The lowest BCUT2D eigenvalue weighted by Crippen LogP contribution is -2.14. The van der Waals surface area contributed by atoms with Gasteiger partial charge in [0, 0.05) is 6.61 Å². The lowest BCUT2D eigenvalue weighted by molar-refractivity contribution is -0.147. The third-order valence-corrected chi connectivity index (χ3v) is 3.35. The number of rotatable bonds is 6. The molecule has 1 saturated carbocycles. The second kappa shape index (κ2) is 5.67. The summed E-state index contributed by atoms with van der Waals surface area (Å²) in [5.41, 5.74) is 1.30. The number of hydrogen-bond acceptors (Lipinski definition) is 3. The summed E-state index contributed by atoms with van der Waals surface area (Å²) in [6, 6.07) is 0. The molecule has 0 aromatic heterocycles. The Bertz CT molecular complexity index is 301. The van der Waals surface area contributed by atoms with Gasteiger partial charge in [0.15, 0.2) is 0 Å². The molecular weight excluding hydrogens is 216 g/mol. The van der Waals surface area contributed by atoms with Crippen molar-refractivity contribution in [3.8, 4) is 0 Å². The molecule has 0 N–H and O–H groups in total. The van der Waals surface area contributed by atoms with E-state index in [1.165, 1.54) is 5.57 Å². The van der Waals surface area contributed by atoms with Crippen LogP contribution in [0.15, 0.2) is 11.6 Å². The topological polar surface area (TPSA) is 35.5 Å². The molecule has 0 unspecified atom stereocenters. The van der Waals surface area contributed by atoms with E-state index in [0.717, 1.165) is 0 Å². The highest BCUT2D eigenvalue weighted by atomic mass is 16.6. The van der Waals surface area contributed by atoms with E-state index in [1.807, 2.05) is 6.92 Å². The van der Waals surface area contributed by atoms with Crippen molar-refractivity contribution in [3.63, 3.8) is 0 Å². The van der Waals surface area contributed by atoms with E-state index in [1.54, 1.807) is 0 Å². The van der Waals surface area contributed by atoms with Crippen LogP contribution in [0, 0.1) is 17.3 Å². The molecule has 1 fully saturated rings. The summed E-state index contributed by atoms with van der Waals surface area (Å²) in [6.45, 7) is 11.8. The van der Waals surface area contributed by atoms with Gasteiger partial charge < -0.3 is 9.47 Å². The molecular formula is C14H24O3. The van der Waals surface area contributed by atoms with Crippen LogP contribution in [0.2, 0.25) is 0 Å². The quantitative estimate of drug-likeness (QED) is 0.407. The minimum absolute atomic E-state index is 0.0130. The van der Waals surface area contributed by atoms with Crippen molar-refractivity contribution >= 4 is 5.97 Å². The summed E-state index contributed by atoms with van der Waals surface area (Å²) < 4.78 is 10.4.